The number of pyridine rings is 1. The zero-order chi connectivity index (χ0) is 19.0. The number of fused-ring (bicyclic) bond motifs is 1. The van der Waals surface area contributed by atoms with E-state index in [9.17, 15) is 14.7 Å². The smallest absolute Gasteiger partial charge is 0.326 e. The van der Waals surface area contributed by atoms with E-state index >= 15 is 0 Å². The number of aryl methyl sites for hydroxylation is 1. The van der Waals surface area contributed by atoms with Gasteiger partial charge < -0.3 is 10.0 Å². The normalized spacial score (nSPS) is 16.8. The van der Waals surface area contributed by atoms with Gasteiger partial charge in [-0.1, -0.05) is 30.3 Å². The van der Waals surface area contributed by atoms with Gasteiger partial charge in [-0.15, -0.1) is 0 Å². The largest absolute Gasteiger partial charge is 0.480 e. The maximum absolute atomic E-state index is 13.3. The minimum absolute atomic E-state index is 0.278. The molecular weight excluding hydrogens is 344 g/mol. The standard InChI is InChI=1S/C20H20N4O3/c1-2-24-18-15(12-21-24)14(11-16(22-18)13-7-4-3-5-8-13)19(25)23-10-6-9-17(23)20(26)27/h3-5,7-8,11-12,17H,2,6,9-10H2,1H3,(H,26,27)/t17-/m1/s1. The lowest BCUT2D eigenvalue weighted by Crippen LogP contribution is -2.40. The van der Waals surface area contributed by atoms with Crippen molar-refractivity contribution in [3.8, 4) is 11.3 Å². The average molecular weight is 364 g/mol. The van der Waals surface area contributed by atoms with Crippen molar-refractivity contribution in [3.63, 3.8) is 0 Å². The fourth-order valence-electron chi connectivity index (χ4n) is 3.63. The Balaban J connectivity index is 1.87. The third kappa shape index (κ3) is 2.95. The summed E-state index contributed by atoms with van der Waals surface area (Å²) in [5, 5.41) is 14.4. The van der Waals surface area contributed by atoms with Gasteiger partial charge in [0.1, 0.15) is 6.04 Å². The Hall–Kier alpha value is -3.22. The highest BCUT2D eigenvalue weighted by molar-refractivity contribution is 6.07. The first-order valence-corrected chi connectivity index (χ1v) is 9.06. The Morgan fingerprint density at radius 1 is 1.26 bits per heavy atom. The molecule has 4 rings (SSSR count). The number of aliphatic carboxylic acids is 1. The molecule has 2 aromatic heterocycles. The van der Waals surface area contributed by atoms with Crippen LogP contribution in [0.15, 0.2) is 42.6 Å². The van der Waals surface area contributed by atoms with Crippen molar-refractivity contribution < 1.29 is 14.7 Å². The van der Waals surface area contributed by atoms with E-state index in [0.29, 0.717) is 48.2 Å². The van der Waals surface area contributed by atoms with Crippen LogP contribution in [0.3, 0.4) is 0 Å². The van der Waals surface area contributed by atoms with Crippen LogP contribution in [0.1, 0.15) is 30.1 Å². The molecule has 1 aliphatic rings. The molecule has 0 saturated carbocycles. The average Bonchev–Trinajstić information content (AvgIpc) is 3.34. The Bertz CT molecular complexity index is 1010. The zero-order valence-electron chi connectivity index (χ0n) is 15.0. The van der Waals surface area contributed by atoms with E-state index < -0.39 is 12.0 Å². The van der Waals surface area contributed by atoms with Gasteiger partial charge in [-0.05, 0) is 25.8 Å². The molecule has 1 saturated heterocycles. The number of aromatic nitrogens is 3. The Morgan fingerprint density at radius 2 is 2.04 bits per heavy atom. The molecule has 0 spiro atoms. The van der Waals surface area contributed by atoms with Crippen LogP contribution in [0.4, 0.5) is 0 Å². The van der Waals surface area contributed by atoms with E-state index in [-0.39, 0.29) is 5.91 Å². The van der Waals surface area contributed by atoms with E-state index in [1.54, 1.807) is 16.9 Å². The van der Waals surface area contributed by atoms with E-state index in [1.165, 1.54) is 4.90 Å². The summed E-state index contributed by atoms with van der Waals surface area (Å²) in [6, 6.07) is 10.6. The number of amides is 1. The van der Waals surface area contributed by atoms with Crippen molar-refractivity contribution in [2.24, 2.45) is 0 Å². The van der Waals surface area contributed by atoms with E-state index in [1.807, 2.05) is 37.3 Å². The summed E-state index contributed by atoms with van der Waals surface area (Å²) >= 11 is 0. The summed E-state index contributed by atoms with van der Waals surface area (Å²) in [5.41, 5.74) is 2.65. The molecule has 0 aliphatic carbocycles. The lowest BCUT2D eigenvalue weighted by Gasteiger charge is -2.22. The Labute approximate surface area is 156 Å². The number of carboxylic acid groups (broad SMARTS) is 1. The number of nitrogens with zero attached hydrogens (tertiary/aromatic N) is 4. The maximum atomic E-state index is 13.3. The molecule has 3 aromatic rings. The highest BCUT2D eigenvalue weighted by Crippen LogP contribution is 2.28. The molecule has 0 unspecified atom stereocenters. The van der Waals surface area contributed by atoms with Gasteiger partial charge in [0, 0.05) is 18.7 Å². The quantitative estimate of drug-likeness (QED) is 0.769. The molecule has 1 atom stereocenters. The number of benzene rings is 1. The molecule has 7 nitrogen and oxygen atoms in total. The van der Waals surface area contributed by atoms with E-state index in [4.69, 9.17) is 4.98 Å². The number of carbonyl (C=O) groups excluding carboxylic acids is 1. The third-order valence-electron chi connectivity index (χ3n) is 5.01. The van der Waals surface area contributed by atoms with Gasteiger partial charge in [0.15, 0.2) is 5.65 Å². The molecule has 1 amide bonds. The molecule has 1 aromatic carbocycles. The number of rotatable bonds is 4. The Morgan fingerprint density at radius 3 is 2.74 bits per heavy atom. The van der Waals surface area contributed by atoms with Crippen LogP contribution in [0.5, 0.6) is 0 Å². The summed E-state index contributed by atoms with van der Waals surface area (Å²) in [4.78, 5) is 30.9. The van der Waals surface area contributed by atoms with Gasteiger partial charge in [0.2, 0.25) is 0 Å². The second-order valence-electron chi connectivity index (χ2n) is 6.61. The minimum Gasteiger partial charge on any atom is -0.480 e. The molecule has 1 aliphatic heterocycles. The molecule has 1 fully saturated rings. The van der Waals surface area contributed by atoms with Crippen molar-refractivity contribution in [1.29, 1.82) is 0 Å². The van der Waals surface area contributed by atoms with Gasteiger partial charge in [0.25, 0.3) is 5.91 Å². The highest BCUT2D eigenvalue weighted by Gasteiger charge is 2.35. The predicted octanol–water partition coefficient (Wildman–Crippen LogP) is 2.81. The number of hydrogen-bond acceptors (Lipinski definition) is 4. The van der Waals surface area contributed by atoms with Gasteiger partial charge >= 0.3 is 5.97 Å². The van der Waals surface area contributed by atoms with Gasteiger partial charge in [-0.25, -0.2) is 14.5 Å². The fraction of sp³-hybridized carbons (Fsp3) is 0.300. The molecular formula is C20H20N4O3. The van der Waals surface area contributed by atoms with Crippen LogP contribution in [-0.4, -0.2) is 49.2 Å². The number of carbonyl (C=O) groups is 2. The zero-order valence-corrected chi connectivity index (χ0v) is 15.0. The molecule has 27 heavy (non-hydrogen) atoms. The molecule has 138 valence electrons. The number of carboxylic acids is 1. The van der Waals surface area contributed by atoms with E-state index in [0.717, 1.165) is 5.56 Å². The third-order valence-corrected chi connectivity index (χ3v) is 5.01. The first kappa shape index (κ1) is 17.2. The van der Waals surface area contributed by atoms with Crippen LogP contribution in [0.25, 0.3) is 22.3 Å². The predicted molar refractivity (Wildman–Crippen MR) is 100 cm³/mol. The summed E-state index contributed by atoms with van der Waals surface area (Å²) < 4.78 is 1.75. The van der Waals surface area contributed by atoms with Crippen LogP contribution < -0.4 is 0 Å². The lowest BCUT2D eigenvalue weighted by molar-refractivity contribution is -0.141. The first-order valence-electron chi connectivity index (χ1n) is 9.06. The van der Waals surface area contributed by atoms with Crippen LogP contribution in [0.2, 0.25) is 0 Å². The number of likely N-dealkylation sites (tertiary alicyclic amines) is 1. The second kappa shape index (κ2) is 6.83. The van der Waals surface area contributed by atoms with Gasteiger partial charge in [-0.2, -0.15) is 5.10 Å². The first-order chi connectivity index (χ1) is 13.1. The van der Waals surface area contributed by atoms with Gasteiger partial charge in [-0.3, -0.25) is 4.79 Å². The molecule has 1 N–H and O–H groups in total. The highest BCUT2D eigenvalue weighted by atomic mass is 16.4. The molecule has 7 heteroatoms. The number of hydrogen-bond donors (Lipinski definition) is 1. The van der Waals surface area contributed by atoms with Crippen LogP contribution in [0, 0.1) is 0 Å². The molecule has 3 heterocycles. The topological polar surface area (TPSA) is 88.3 Å². The van der Waals surface area contributed by atoms with Crippen LogP contribution in [-0.2, 0) is 11.3 Å². The van der Waals surface area contributed by atoms with Crippen molar-refractivity contribution in [2.45, 2.75) is 32.4 Å². The summed E-state index contributed by atoms with van der Waals surface area (Å²) in [6.07, 6.45) is 2.81. The van der Waals surface area contributed by atoms with Crippen molar-refractivity contribution >= 4 is 22.9 Å². The van der Waals surface area contributed by atoms with Crippen molar-refractivity contribution in [3.05, 3.63) is 48.2 Å². The van der Waals surface area contributed by atoms with Crippen molar-refractivity contribution in [1.82, 2.24) is 19.7 Å². The molecule has 0 radical (unpaired) electrons. The summed E-state index contributed by atoms with van der Waals surface area (Å²) in [7, 11) is 0. The van der Waals surface area contributed by atoms with E-state index in [2.05, 4.69) is 5.10 Å². The summed E-state index contributed by atoms with van der Waals surface area (Å²) in [6.45, 7) is 3.04. The maximum Gasteiger partial charge on any atom is 0.326 e. The van der Waals surface area contributed by atoms with Crippen molar-refractivity contribution in [2.75, 3.05) is 6.54 Å². The second-order valence-corrected chi connectivity index (χ2v) is 6.61. The fourth-order valence-corrected chi connectivity index (χ4v) is 3.63. The SMILES string of the molecule is CCn1ncc2c(C(=O)N3CCC[C@@H]3C(=O)O)cc(-c3ccccc3)nc21. The van der Waals surface area contributed by atoms with Gasteiger partial charge in [0.05, 0.1) is 22.8 Å². The molecule has 0 bridgehead atoms. The minimum atomic E-state index is -0.960. The Kier molecular flexibility index (Phi) is 4.35. The summed E-state index contributed by atoms with van der Waals surface area (Å²) in [5.74, 6) is -1.24. The van der Waals surface area contributed by atoms with Crippen LogP contribution >= 0.6 is 0 Å². The lowest BCUT2D eigenvalue weighted by atomic mass is 10.1. The monoisotopic (exact) mass is 364 g/mol.